The minimum atomic E-state index is -0.338. The maximum atomic E-state index is 12.7. The number of aromatic nitrogens is 2. The average molecular weight is 379 g/mol. The molecule has 0 radical (unpaired) electrons. The minimum absolute atomic E-state index is 0.271. The normalized spacial score (nSPS) is 11.0. The molecule has 0 fully saturated rings. The first-order valence-corrected chi connectivity index (χ1v) is 8.67. The van der Waals surface area contributed by atoms with Crippen LogP contribution >= 0.6 is 11.6 Å². The first kappa shape index (κ1) is 17.1. The van der Waals surface area contributed by atoms with Crippen LogP contribution in [0.1, 0.15) is 5.69 Å². The molecule has 0 bridgehead atoms. The van der Waals surface area contributed by atoms with Crippen LogP contribution in [0.15, 0.2) is 71.7 Å². The van der Waals surface area contributed by atoms with Gasteiger partial charge in [-0.2, -0.15) is 0 Å². The van der Waals surface area contributed by atoms with Gasteiger partial charge in [0.05, 0.1) is 23.4 Å². The van der Waals surface area contributed by atoms with Crippen LogP contribution in [0, 0.1) is 0 Å². The molecule has 134 valence electrons. The van der Waals surface area contributed by atoms with Gasteiger partial charge in [-0.15, -0.1) is 0 Å². The average Bonchev–Trinajstić information content (AvgIpc) is 2.67. The second-order valence-corrected chi connectivity index (χ2v) is 6.55. The second kappa shape index (κ2) is 6.78. The highest BCUT2D eigenvalue weighted by Crippen LogP contribution is 2.33. The zero-order valence-electron chi connectivity index (χ0n) is 14.1. The molecule has 0 spiro atoms. The van der Waals surface area contributed by atoms with Crippen molar-refractivity contribution in [2.45, 2.75) is 6.54 Å². The standard InChI is InChI=1S/C21H15ClN2O3/c22-16-7-2-1-6-14(16)17-10-19(25)15-9-20(26)21(27)11-18(15)24(17)12-13-5-3-4-8-23-13/h1-11,26-27H,12H2. The molecule has 4 aromatic rings. The summed E-state index contributed by atoms with van der Waals surface area (Å²) in [5.74, 6) is -0.637. The molecule has 5 nitrogen and oxygen atoms in total. The van der Waals surface area contributed by atoms with Gasteiger partial charge in [-0.1, -0.05) is 35.9 Å². The van der Waals surface area contributed by atoms with E-state index in [-0.39, 0.29) is 16.9 Å². The van der Waals surface area contributed by atoms with Crippen LogP contribution in [0.4, 0.5) is 0 Å². The molecule has 27 heavy (non-hydrogen) atoms. The lowest BCUT2D eigenvalue weighted by molar-refractivity contribution is 0.404. The van der Waals surface area contributed by atoms with Gasteiger partial charge in [0.2, 0.25) is 0 Å². The lowest BCUT2D eigenvalue weighted by Gasteiger charge is -2.18. The third kappa shape index (κ3) is 3.13. The fraction of sp³-hybridized carbons (Fsp3) is 0.0476. The summed E-state index contributed by atoms with van der Waals surface area (Å²) in [5.41, 5.74) is 2.30. The number of benzene rings is 2. The van der Waals surface area contributed by atoms with Crippen molar-refractivity contribution in [2.75, 3.05) is 0 Å². The van der Waals surface area contributed by atoms with E-state index in [9.17, 15) is 15.0 Å². The first-order chi connectivity index (χ1) is 13.0. The summed E-state index contributed by atoms with van der Waals surface area (Å²) in [6.45, 7) is 0.363. The Balaban J connectivity index is 2.07. The first-order valence-electron chi connectivity index (χ1n) is 8.29. The lowest BCUT2D eigenvalue weighted by Crippen LogP contribution is -2.13. The van der Waals surface area contributed by atoms with Crippen LogP contribution in [-0.4, -0.2) is 19.8 Å². The zero-order chi connectivity index (χ0) is 19.0. The number of phenols is 2. The number of pyridine rings is 2. The molecule has 2 N–H and O–H groups in total. The van der Waals surface area contributed by atoms with Crippen LogP contribution in [0.3, 0.4) is 0 Å². The summed E-state index contributed by atoms with van der Waals surface area (Å²) in [6.07, 6.45) is 1.69. The number of halogens is 1. The molecule has 0 saturated heterocycles. The van der Waals surface area contributed by atoms with Gasteiger partial charge in [0.1, 0.15) is 0 Å². The summed E-state index contributed by atoms with van der Waals surface area (Å²) in [7, 11) is 0. The molecule has 2 aromatic carbocycles. The quantitative estimate of drug-likeness (QED) is 0.524. The summed E-state index contributed by atoms with van der Waals surface area (Å²) < 4.78 is 1.86. The molecule has 0 aliphatic rings. The Hall–Kier alpha value is -3.31. The molecule has 0 aliphatic heterocycles. The molecular formula is C21H15ClN2O3. The van der Waals surface area contributed by atoms with E-state index in [2.05, 4.69) is 4.98 Å². The molecular weight excluding hydrogens is 364 g/mol. The third-order valence-electron chi connectivity index (χ3n) is 4.40. The SMILES string of the molecule is O=c1cc(-c2ccccc2Cl)n(Cc2ccccn2)c2cc(O)c(O)cc12. The van der Waals surface area contributed by atoms with E-state index >= 15 is 0 Å². The van der Waals surface area contributed by atoms with E-state index < -0.39 is 0 Å². The van der Waals surface area contributed by atoms with E-state index in [4.69, 9.17) is 11.6 Å². The van der Waals surface area contributed by atoms with Gasteiger partial charge in [0.25, 0.3) is 0 Å². The van der Waals surface area contributed by atoms with Crippen LogP contribution < -0.4 is 5.43 Å². The highest BCUT2D eigenvalue weighted by molar-refractivity contribution is 6.33. The van der Waals surface area contributed by atoms with Crippen molar-refractivity contribution in [3.63, 3.8) is 0 Å². The van der Waals surface area contributed by atoms with E-state index in [1.165, 1.54) is 18.2 Å². The molecule has 0 atom stereocenters. The summed E-state index contributed by atoms with van der Waals surface area (Å²) >= 11 is 6.37. The third-order valence-corrected chi connectivity index (χ3v) is 4.73. The van der Waals surface area contributed by atoms with E-state index in [1.54, 1.807) is 12.3 Å². The monoisotopic (exact) mass is 378 g/mol. The van der Waals surface area contributed by atoms with Gasteiger partial charge in [0.15, 0.2) is 16.9 Å². The molecule has 0 saturated carbocycles. The number of aromatic hydroxyl groups is 2. The largest absolute Gasteiger partial charge is 0.504 e. The fourth-order valence-corrected chi connectivity index (χ4v) is 3.34. The van der Waals surface area contributed by atoms with Gasteiger partial charge >= 0.3 is 0 Å². The molecule has 0 unspecified atom stereocenters. The van der Waals surface area contributed by atoms with Gasteiger partial charge < -0.3 is 14.8 Å². The van der Waals surface area contributed by atoms with Crippen molar-refractivity contribution in [1.82, 2.24) is 9.55 Å². The van der Waals surface area contributed by atoms with Crippen LogP contribution in [0.2, 0.25) is 5.02 Å². The Bertz CT molecular complexity index is 1200. The molecule has 6 heteroatoms. The van der Waals surface area contributed by atoms with Crippen molar-refractivity contribution in [2.24, 2.45) is 0 Å². The number of nitrogens with zero attached hydrogens (tertiary/aromatic N) is 2. The molecule has 0 aliphatic carbocycles. The van der Waals surface area contributed by atoms with Crippen LogP contribution in [-0.2, 0) is 6.54 Å². The predicted octanol–water partition coefficient (Wildman–Crippen LogP) is 4.18. The highest BCUT2D eigenvalue weighted by Gasteiger charge is 2.16. The molecule has 0 amide bonds. The maximum absolute atomic E-state index is 12.7. The van der Waals surface area contributed by atoms with Gasteiger partial charge in [-0.3, -0.25) is 9.78 Å². The number of fused-ring (bicyclic) bond motifs is 1. The Labute approximate surface area is 159 Å². The van der Waals surface area contributed by atoms with Gasteiger partial charge in [-0.25, -0.2) is 0 Å². The topological polar surface area (TPSA) is 75.4 Å². The van der Waals surface area contributed by atoms with E-state index in [1.807, 2.05) is 41.0 Å². The summed E-state index contributed by atoms with van der Waals surface area (Å²) in [6, 6.07) is 17.0. The maximum Gasteiger partial charge on any atom is 0.190 e. The lowest BCUT2D eigenvalue weighted by atomic mass is 10.1. The summed E-state index contributed by atoms with van der Waals surface area (Å²) in [5, 5.41) is 20.6. The smallest absolute Gasteiger partial charge is 0.190 e. The van der Waals surface area contributed by atoms with Crippen molar-refractivity contribution in [3.05, 3.63) is 87.8 Å². The molecule has 2 aromatic heterocycles. The second-order valence-electron chi connectivity index (χ2n) is 6.14. The Kier molecular flexibility index (Phi) is 4.30. The van der Waals surface area contributed by atoms with Crippen molar-refractivity contribution in [1.29, 1.82) is 0 Å². The number of hydrogen-bond donors (Lipinski definition) is 2. The van der Waals surface area contributed by atoms with E-state index in [0.717, 1.165) is 5.69 Å². The van der Waals surface area contributed by atoms with Gasteiger partial charge in [0, 0.05) is 34.3 Å². The Morgan fingerprint density at radius 2 is 1.70 bits per heavy atom. The number of hydrogen-bond acceptors (Lipinski definition) is 4. The fourth-order valence-electron chi connectivity index (χ4n) is 3.11. The minimum Gasteiger partial charge on any atom is -0.504 e. The highest BCUT2D eigenvalue weighted by atomic mass is 35.5. The van der Waals surface area contributed by atoms with Crippen molar-refractivity contribution < 1.29 is 10.2 Å². The van der Waals surface area contributed by atoms with E-state index in [0.29, 0.717) is 33.7 Å². The number of rotatable bonds is 3. The molecule has 2 heterocycles. The Morgan fingerprint density at radius 3 is 2.44 bits per heavy atom. The van der Waals surface area contributed by atoms with Crippen LogP contribution in [0.25, 0.3) is 22.2 Å². The predicted molar refractivity (Wildman–Crippen MR) is 105 cm³/mol. The Morgan fingerprint density at radius 1 is 0.963 bits per heavy atom. The van der Waals surface area contributed by atoms with Crippen molar-refractivity contribution in [3.8, 4) is 22.8 Å². The van der Waals surface area contributed by atoms with Crippen molar-refractivity contribution >= 4 is 22.5 Å². The molecule has 4 rings (SSSR count). The van der Waals surface area contributed by atoms with Crippen LogP contribution in [0.5, 0.6) is 11.5 Å². The van der Waals surface area contributed by atoms with Gasteiger partial charge in [-0.05, 0) is 24.3 Å². The summed E-state index contributed by atoms with van der Waals surface area (Å²) in [4.78, 5) is 17.0. The number of phenolic OH excluding ortho intramolecular Hbond substituents is 2. The zero-order valence-corrected chi connectivity index (χ0v) is 14.9.